The van der Waals surface area contributed by atoms with Crippen molar-refractivity contribution in [2.45, 2.75) is 31.1 Å². The lowest BCUT2D eigenvalue weighted by Crippen LogP contribution is -2.43. The summed E-state index contributed by atoms with van der Waals surface area (Å²) in [5.41, 5.74) is 4.58. The van der Waals surface area contributed by atoms with Gasteiger partial charge in [0.2, 0.25) is 11.8 Å². The number of benzene rings is 3. The van der Waals surface area contributed by atoms with E-state index in [1.807, 2.05) is 54.3 Å². The summed E-state index contributed by atoms with van der Waals surface area (Å²) >= 11 is 0. The van der Waals surface area contributed by atoms with Crippen molar-refractivity contribution < 1.29 is 26.7 Å². The SMILES string of the molecule is CN(C)CC1Cc2ccccc2N(C(=O)CCc2nc(-c3nc4ccccc4o3)no2)C1.Cc1ccc(S(=O)(=O)O)cc1. The summed E-state index contributed by atoms with van der Waals surface area (Å²) in [5.74, 6) is 1.45. The van der Waals surface area contributed by atoms with Crippen LogP contribution in [-0.2, 0) is 27.8 Å². The maximum Gasteiger partial charge on any atom is 0.294 e. The molecule has 43 heavy (non-hydrogen) atoms. The Morgan fingerprint density at radius 3 is 2.47 bits per heavy atom. The first-order chi connectivity index (χ1) is 20.6. The zero-order valence-electron chi connectivity index (χ0n) is 24.2. The second-order valence-electron chi connectivity index (χ2n) is 10.8. The Bertz CT molecular complexity index is 1780. The highest BCUT2D eigenvalue weighted by molar-refractivity contribution is 7.85. The molecule has 1 unspecified atom stereocenters. The van der Waals surface area contributed by atoms with Crippen molar-refractivity contribution in [3.8, 4) is 11.7 Å². The third-order valence-electron chi connectivity index (χ3n) is 6.98. The lowest BCUT2D eigenvalue weighted by Gasteiger charge is -2.35. The zero-order valence-corrected chi connectivity index (χ0v) is 25.0. The van der Waals surface area contributed by atoms with E-state index in [0.29, 0.717) is 36.2 Å². The van der Waals surface area contributed by atoms with Crippen molar-refractivity contribution in [2.24, 2.45) is 5.92 Å². The molecular formula is C31H33N5O6S. The van der Waals surface area contributed by atoms with Gasteiger partial charge in [-0.15, -0.1) is 0 Å². The van der Waals surface area contributed by atoms with Gasteiger partial charge in [0, 0.05) is 31.6 Å². The standard InChI is InChI=1S/C24H25N5O3.C7H8O3S/c1-28(2)14-16-13-17-7-3-5-9-19(17)29(15-16)22(30)12-11-21-26-23(27-32-21)24-25-18-8-4-6-10-20(18)31-24;1-6-2-4-7(5-3-6)11(8,9)10/h3-10,16H,11-15H2,1-2H3;2-5H,1H3,(H,8,9,10). The molecule has 5 aromatic rings. The molecule has 0 radical (unpaired) electrons. The van der Waals surface area contributed by atoms with Gasteiger partial charge >= 0.3 is 0 Å². The second-order valence-corrected chi connectivity index (χ2v) is 12.2. The smallest absolute Gasteiger partial charge is 0.294 e. The number of aromatic nitrogens is 3. The molecule has 1 aliphatic rings. The number of carbonyl (C=O) groups excluding carboxylic acids is 1. The highest BCUT2D eigenvalue weighted by Gasteiger charge is 2.28. The summed E-state index contributed by atoms with van der Waals surface area (Å²) in [7, 11) is 0.113. The Balaban J connectivity index is 0.000000283. The molecule has 12 heteroatoms. The normalized spacial score (nSPS) is 14.8. The molecule has 1 amide bonds. The van der Waals surface area contributed by atoms with Crippen LogP contribution < -0.4 is 4.90 Å². The van der Waals surface area contributed by atoms with E-state index in [9.17, 15) is 13.2 Å². The molecule has 0 bridgehead atoms. The number of nitrogens with zero attached hydrogens (tertiary/aromatic N) is 5. The third kappa shape index (κ3) is 7.53. The van der Waals surface area contributed by atoms with Crippen molar-refractivity contribution in [3.63, 3.8) is 0 Å². The van der Waals surface area contributed by atoms with Crippen LogP contribution in [0.3, 0.4) is 0 Å². The molecule has 3 heterocycles. The number of hydrogen-bond acceptors (Lipinski definition) is 9. The van der Waals surface area contributed by atoms with Crippen LogP contribution >= 0.6 is 0 Å². The van der Waals surface area contributed by atoms with Crippen LogP contribution in [0.5, 0.6) is 0 Å². The molecule has 3 aromatic carbocycles. The van der Waals surface area contributed by atoms with Crippen molar-refractivity contribution in [1.82, 2.24) is 20.0 Å². The maximum atomic E-state index is 13.2. The average Bonchev–Trinajstić information content (AvgIpc) is 3.62. The van der Waals surface area contributed by atoms with E-state index in [2.05, 4.69) is 40.2 Å². The van der Waals surface area contributed by atoms with Crippen molar-refractivity contribution in [2.75, 3.05) is 32.1 Å². The number of aryl methyl sites for hydroxylation is 2. The Morgan fingerprint density at radius 1 is 1.02 bits per heavy atom. The van der Waals surface area contributed by atoms with Crippen LogP contribution in [0.2, 0.25) is 0 Å². The molecule has 1 atom stereocenters. The number of rotatable bonds is 7. The van der Waals surface area contributed by atoms with E-state index in [1.165, 1.54) is 17.7 Å². The van der Waals surface area contributed by atoms with Gasteiger partial charge in [-0.1, -0.05) is 53.2 Å². The molecule has 224 valence electrons. The predicted octanol–water partition coefficient (Wildman–Crippen LogP) is 4.82. The second kappa shape index (κ2) is 12.9. The lowest BCUT2D eigenvalue weighted by atomic mass is 9.91. The van der Waals surface area contributed by atoms with Gasteiger partial charge in [-0.2, -0.15) is 13.4 Å². The molecular weight excluding hydrogens is 570 g/mol. The number of carbonyl (C=O) groups is 1. The summed E-state index contributed by atoms with van der Waals surface area (Å²) in [6.07, 6.45) is 1.64. The Kier molecular flexibility index (Phi) is 9.00. The van der Waals surface area contributed by atoms with Gasteiger partial charge in [0.15, 0.2) is 5.58 Å². The minimum absolute atomic E-state index is 0.0579. The number of anilines is 1. The van der Waals surface area contributed by atoms with Gasteiger partial charge in [0.1, 0.15) is 5.52 Å². The van der Waals surface area contributed by atoms with Crippen LogP contribution in [0.25, 0.3) is 22.8 Å². The molecule has 2 aromatic heterocycles. The molecule has 1 N–H and O–H groups in total. The van der Waals surface area contributed by atoms with E-state index in [1.54, 1.807) is 12.1 Å². The molecule has 0 saturated heterocycles. The minimum atomic E-state index is -4.02. The Morgan fingerprint density at radius 2 is 1.74 bits per heavy atom. The molecule has 11 nitrogen and oxygen atoms in total. The molecule has 0 saturated carbocycles. The number of para-hydroxylation sites is 3. The van der Waals surface area contributed by atoms with Crippen molar-refractivity contribution >= 4 is 32.8 Å². The summed E-state index contributed by atoms with van der Waals surface area (Å²) < 4.78 is 40.6. The topological polar surface area (TPSA) is 143 Å². The van der Waals surface area contributed by atoms with E-state index in [4.69, 9.17) is 13.5 Å². The number of hydrogen-bond donors (Lipinski definition) is 1. The fourth-order valence-corrected chi connectivity index (χ4v) is 5.50. The van der Waals surface area contributed by atoms with Crippen LogP contribution in [0.4, 0.5) is 5.69 Å². The highest BCUT2D eigenvalue weighted by atomic mass is 32.2. The Hall–Kier alpha value is -4.39. The molecule has 0 spiro atoms. The fraction of sp³-hybridized carbons (Fsp3) is 0.290. The molecule has 1 aliphatic heterocycles. The fourth-order valence-electron chi connectivity index (χ4n) is 5.02. The lowest BCUT2D eigenvalue weighted by molar-refractivity contribution is -0.118. The maximum absolute atomic E-state index is 13.2. The summed E-state index contributed by atoms with van der Waals surface area (Å²) in [4.78, 5) is 25.9. The number of oxazole rings is 1. The van der Waals surface area contributed by atoms with Crippen LogP contribution in [-0.4, -0.2) is 66.1 Å². The average molecular weight is 604 g/mol. The first-order valence-corrected chi connectivity index (χ1v) is 15.3. The zero-order chi connectivity index (χ0) is 30.6. The van der Waals surface area contributed by atoms with Gasteiger partial charge in [-0.3, -0.25) is 9.35 Å². The van der Waals surface area contributed by atoms with Crippen LogP contribution in [0.1, 0.15) is 23.4 Å². The van der Waals surface area contributed by atoms with Gasteiger partial charge in [-0.25, -0.2) is 4.98 Å². The summed E-state index contributed by atoms with van der Waals surface area (Å²) in [6, 6.07) is 21.6. The van der Waals surface area contributed by atoms with E-state index in [0.717, 1.165) is 29.7 Å². The highest BCUT2D eigenvalue weighted by Crippen LogP contribution is 2.30. The van der Waals surface area contributed by atoms with E-state index < -0.39 is 10.1 Å². The number of fused-ring (bicyclic) bond motifs is 2. The summed E-state index contributed by atoms with van der Waals surface area (Å²) in [6.45, 7) is 3.50. The van der Waals surface area contributed by atoms with Crippen molar-refractivity contribution in [3.05, 3.63) is 89.8 Å². The minimum Gasteiger partial charge on any atom is -0.433 e. The van der Waals surface area contributed by atoms with Gasteiger partial charge in [0.25, 0.3) is 21.8 Å². The van der Waals surface area contributed by atoms with Gasteiger partial charge in [0.05, 0.1) is 4.90 Å². The van der Waals surface area contributed by atoms with Gasteiger partial charge < -0.3 is 18.7 Å². The first-order valence-electron chi connectivity index (χ1n) is 13.8. The number of amides is 1. The third-order valence-corrected chi connectivity index (χ3v) is 7.85. The molecule has 6 rings (SSSR count). The van der Waals surface area contributed by atoms with Gasteiger partial charge in [-0.05, 0) is 69.3 Å². The summed E-state index contributed by atoms with van der Waals surface area (Å²) in [5, 5.41) is 3.98. The van der Waals surface area contributed by atoms with E-state index in [-0.39, 0.29) is 23.0 Å². The largest absolute Gasteiger partial charge is 0.433 e. The quantitative estimate of drug-likeness (QED) is 0.257. The van der Waals surface area contributed by atoms with Crippen LogP contribution in [0.15, 0.2) is 86.6 Å². The predicted molar refractivity (Wildman–Crippen MR) is 161 cm³/mol. The first kappa shape index (κ1) is 30.1. The Labute approximate surface area is 249 Å². The van der Waals surface area contributed by atoms with Crippen LogP contribution in [0, 0.1) is 12.8 Å². The van der Waals surface area contributed by atoms with E-state index >= 15 is 0 Å². The monoisotopic (exact) mass is 603 g/mol. The van der Waals surface area contributed by atoms with Crippen molar-refractivity contribution in [1.29, 1.82) is 0 Å². The molecule has 0 aliphatic carbocycles. The molecule has 0 fully saturated rings.